The topological polar surface area (TPSA) is 63.6 Å². The molecule has 0 bridgehead atoms. The number of aromatic nitrogens is 1. The number of hydrogen-bond acceptors (Lipinski definition) is 4. The summed E-state index contributed by atoms with van der Waals surface area (Å²) in [6.45, 7) is 5.34. The molecule has 0 aliphatic carbocycles. The Labute approximate surface area is 158 Å². The van der Waals surface area contributed by atoms with E-state index in [9.17, 15) is 8.42 Å². The summed E-state index contributed by atoms with van der Waals surface area (Å²) in [5.41, 5.74) is 0. The van der Waals surface area contributed by atoms with E-state index in [4.69, 9.17) is 11.6 Å². The number of aromatic amines is 1. The molecule has 1 heterocycles. The number of rotatable bonds is 9. The Morgan fingerprint density at radius 3 is 2.36 bits per heavy atom. The van der Waals surface area contributed by atoms with E-state index in [0.29, 0.717) is 13.1 Å². The van der Waals surface area contributed by atoms with Gasteiger partial charge in [0.2, 0.25) is 10.0 Å². The summed E-state index contributed by atoms with van der Waals surface area (Å²) in [6.07, 6.45) is 1.53. The van der Waals surface area contributed by atoms with Crippen LogP contribution in [-0.2, 0) is 10.0 Å². The van der Waals surface area contributed by atoms with Gasteiger partial charge >= 0.3 is 0 Å². The maximum absolute atomic E-state index is 12.4. The number of sulfonamides is 1. The quantitative estimate of drug-likeness (QED) is 0.517. The van der Waals surface area contributed by atoms with Crippen LogP contribution in [-0.4, -0.2) is 38.1 Å². The summed E-state index contributed by atoms with van der Waals surface area (Å²) in [5.74, 6) is 1.67. The van der Waals surface area contributed by atoms with Gasteiger partial charge in [-0.25, -0.2) is 13.4 Å². The van der Waals surface area contributed by atoms with E-state index in [1.807, 2.05) is 38.1 Å². The van der Waals surface area contributed by atoms with Crippen molar-refractivity contribution in [3.8, 4) is 0 Å². The summed E-state index contributed by atoms with van der Waals surface area (Å²) in [7, 11) is -3.42. The first kappa shape index (κ1) is 20.0. The van der Waals surface area contributed by atoms with Gasteiger partial charge in [0.25, 0.3) is 5.82 Å². The molecule has 25 heavy (non-hydrogen) atoms. The molecule has 2 aromatic rings. The first-order valence-corrected chi connectivity index (χ1v) is 10.9. The van der Waals surface area contributed by atoms with Gasteiger partial charge in [0.1, 0.15) is 11.1 Å². The van der Waals surface area contributed by atoms with Crippen molar-refractivity contribution in [3.63, 3.8) is 0 Å². The molecule has 0 aliphatic heterocycles. The SMILES string of the molecule is CCN(CC)S(=O)(=O)c1ccc(NCCSc2ccc(Cl)cc2)[nH+]c1. The molecule has 0 amide bonds. The average Bonchev–Trinajstić information content (AvgIpc) is 2.61. The van der Waals surface area contributed by atoms with Crippen LogP contribution in [0.2, 0.25) is 5.02 Å². The number of thioether (sulfide) groups is 1. The summed E-state index contributed by atoms with van der Waals surface area (Å²) in [6, 6.07) is 11.1. The Bertz CT molecular complexity index is 761. The minimum Gasteiger partial charge on any atom is -0.274 e. The molecule has 0 aliphatic rings. The van der Waals surface area contributed by atoms with Crippen molar-refractivity contribution in [3.05, 3.63) is 47.6 Å². The molecule has 5 nitrogen and oxygen atoms in total. The first-order chi connectivity index (χ1) is 12.0. The lowest BCUT2D eigenvalue weighted by Crippen LogP contribution is -2.31. The Balaban J connectivity index is 1.87. The van der Waals surface area contributed by atoms with E-state index in [-0.39, 0.29) is 4.90 Å². The van der Waals surface area contributed by atoms with Gasteiger partial charge in [-0.2, -0.15) is 4.31 Å². The second-order valence-corrected chi connectivity index (χ2v) is 8.80. The molecule has 0 unspecified atom stereocenters. The minimum atomic E-state index is -3.42. The molecule has 2 rings (SSSR count). The zero-order valence-electron chi connectivity index (χ0n) is 14.3. The number of halogens is 1. The van der Waals surface area contributed by atoms with E-state index in [1.165, 1.54) is 10.5 Å². The molecule has 1 aromatic carbocycles. The van der Waals surface area contributed by atoms with Crippen molar-refractivity contribution in [2.24, 2.45) is 0 Å². The number of nitrogens with zero attached hydrogens (tertiary/aromatic N) is 1. The first-order valence-electron chi connectivity index (χ1n) is 8.11. The second kappa shape index (κ2) is 9.43. The van der Waals surface area contributed by atoms with E-state index in [1.54, 1.807) is 23.9 Å². The van der Waals surface area contributed by atoms with Gasteiger partial charge in [0, 0.05) is 34.8 Å². The van der Waals surface area contributed by atoms with Crippen molar-refractivity contribution in [2.75, 3.05) is 30.7 Å². The lowest BCUT2D eigenvalue weighted by molar-refractivity contribution is -0.364. The average molecular weight is 401 g/mol. The molecule has 0 saturated carbocycles. The summed E-state index contributed by atoms with van der Waals surface area (Å²) >= 11 is 7.59. The van der Waals surface area contributed by atoms with Crippen LogP contribution in [0.4, 0.5) is 5.82 Å². The zero-order valence-corrected chi connectivity index (χ0v) is 16.7. The lowest BCUT2D eigenvalue weighted by Gasteiger charge is -2.17. The van der Waals surface area contributed by atoms with Crippen molar-refractivity contribution in [1.82, 2.24) is 4.31 Å². The Kier molecular flexibility index (Phi) is 7.56. The van der Waals surface area contributed by atoms with Gasteiger partial charge in [0.15, 0.2) is 0 Å². The third-order valence-corrected chi connectivity index (χ3v) is 6.94. The van der Waals surface area contributed by atoms with Crippen LogP contribution in [0.1, 0.15) is 13.8 Å². The van der Waals surface area contributed by atoms with Crippen LogP contribution in [0, 0.1) is 0 Å². The van der Waals surface area contributed by atoms with Gasteiger partial charge < -0.3 is 0 Å². The van der Waals surface area contributed by atoms with Crippen molar-refractivity contribution < 1.29 is 13.4 Å². The van der Waals surface area contributed by atoms with Gasteiger partial charge in [-0.05, 0) is 30.3 Å². The normalized spacial score (nSPS) is 11.7. The molecule has 0 atom stereocenters. The predicted molar refractivity (Wildman–Crippen MR) is 104 cm³/mol. The monoisotopic (exact) mass is 400 g/mol. The highest BCUT2D eigenvalue weighted by Gasteiger charge is 2.22. The van der Waals surface area contributed by atoms with E-state index in [2.05, 4.69) is 10.3 Å². The van der Waals surface area contributed by atoms with E-state index in [0.717, 1.165) is 28.0 Å². The van der Waals surface area contributed by atoms with E-state index < -0.39 is 10.0 Å². The Morgan fingerprint density at radius 1 is 1.12 bits per heavy atom. The predicted octanol–water partition coefficient (Wildman–Crippen LogP) is 3.39. The number of pyridine rings is 1. The fraction of sp³-hybridized carbons (Fsp3) is 0.353. The van der Waals surface area contributed by atoms with Gasteiger partial charge in [-0.1, -0.05) is 25.4 Å². The maximum Gasteiger partial charge on any atom is 0.272 e. The van der Waals surface area contributed by atoms with Crippen LogP contribution < -0.4 is 10.3 Å². The van der Waals surface area contributed by atoms with Crippen LogP contribution in [0.5, 0.6) is 0 Å². The third kappa shape index (κ3) is 5.60. The van der Waals surface area contributed by atoms with E-state index >= 15 is 0 Å². The number of nitrogens with one attached hydrogen (secondary N) is 2. The van der Waals surface area contributed by atoms with Gasteiger partial charge in [-0.3, -0.25) is 5.32 Å². The van der Waals surface area contributed by atoms with Crippen molar-refractivity contribution in [1.29, 1.82) is 0 Å². The number of H-pyrrole nitrogens is 1. The minimum absolute atomic E-state index is 0.275. The van der Waals surface area contributed by atoms with Crippen LogP contribution >= 0.6 is 23.4 Å². The lowest BCUT2D eigenvalue weighted by atomic mass is 10.4. The molecule has 0 spiro atoms. The smallest absolute Gasteiger partial charge is 0.272 e. The summed E-state index contributed by atoms with van der Waals surface area (Å²) < 4.78 is 26.3. The standard InChI is InChI=1S/C17H22ClN3O2S2/c1-3-21(4-2)25(22,23)16-9-10-17(20-13-16)19-11-12-24-15-7-5-14(18)6-8-15/h5-10,13H,3-4,11-12H2,1-2H3,(H,19,20)/p+1. The third-order valence-electron chi connectivity index (χ3n) is 3.63. The highest BCUT2D eigenvalue weighted by molar-refractivity contribution is 7.99. The molecular formula is C17H23ClN3O2S2+. The molecule has 0 fully saturated rings. The molecule has 0 radical (unpaired) electrons. The molecule has 0 saturated heterocycles. The van der Waals surface area contributed by atoms with Crippen molar-refractivity contribution in [2.45, 2.75) is 23.6 Å². The molecular weight excluding hydrogens is 378 g/mol. The fourth-order valence-corrected chi connectivity index (χ4v) is 4.60. The highest BCUT2D eigenvalue weighted by Crippen LogP contribution is 2.20. The summed E-state index contributed by atoms with van der Waals surface area (Å²) in [5, 5.41) is 3.98. The second-order valence-electron chi connectivity index (χ2n) is 5.26. The molecule has 136 valence electrons. The highest BCUT2D eigenvalue weighted by atomic mass is 35.5. The number of anilines is 1. The van der Waals surface area contributed by atoms with Crippen LogP contribution in [0.25, 0.3) is 0 Å². The zero-order chi connectivity index (χ0) is 18.3. The summed E-state index contributed by atoms with van der Waals surface area (Å²) in [4.78, 5) is 4.45. The fourth-order valence-electron chi connectivity index (χ4n) is 2.28. The van der Waals surface area contributed by atoms with Gasteiger partial charge in [-0.15, -0.1) is 11.8 Å². The largest absolute Gasteiger partial charge is 0.274 e. The molecule has 1 aromatic heterocycles. The van der Waals surface area contributed by atoms with Gasteiger partial charge in [0.05, 0.1) is 6.54 Å². The van der Waals surface area contributed by atoms with Crippen LogP contribution in [0.3, 0.4) is 0 Å². The Morgan fingerprint density at radius 2 is 1.80 bits per heavy atom. The van der Waals surface area contributed by atoms with Crippen molar-refractivity contribution >= 4 is 39.2 Å². The number of hydrogen-bond donors (Lipinski definition) is 1. The van der Waals surface area contributed by atoms with Crippen LogP contribution in [0.15, 0.2) is 52.4 Å². The molecule has 8 heteroatoms. The Hall–Kier alpha value is -1.28. The number of benzene rings is 1. The maximum atomic E-state index is 12.4. The molecule has 2 N–H and O–H groups in total.